The van der Waals surface area contributed by atoms with E-state index in [0.717, 1.165) is 22.8 Å². The summed E-state index contributed by atoms with van der Waals surface area (Å²) in [5, 5.41) is 28.6. The van der Waals surface area contributed by atoms with Crippen LogP contribution in [0.1, 0.15) is 35.1 Å². The van der Waals surface area contributed by atoms with Crippen LogP contribution in [0.5, 0.6) is 11.5 Å². The van der Waals surface area contributed by atoms with Gasteiger partial charge in [-0.2, -0.15) is 0 Å². The number of aromatic hydroxyl groups is 1. The van der Waals surface area contributed by atoms with Gasteiger partial charge in [0.15, 0.2) is 0 Å². The molecule has 3 N–H and O–H groups in total. The highest BCUT2D eigenvalue weighted by Crippen LogP contribution is 2.37. The fourth-order valence-corrected chi connectivity index (χ4v) is 2.87. The molecule has 1 atom stereocenters. The number of phenolic OH excluding ortho intramolecular Hbond substituents is 1. The van der Waals surface area contributed by atoms with Crippen molar-refractivity contribution in [2.45, 2.75) is 25.7 Å². The van der Waals surface area contributed by atoms with Crippen molar-refractivity contribution in [3.8, 4) is 11.5 Å². The molecule has 0 saturated carbocycles. The Morgan fingerprint density at radius 2 is 1.65 bits per heavy atom. The van der Waals surface area contributed by atoms with Crippen molar-refractivity contribution < 1.29 is 24.9 Å². The fraction of sp³-hybridized carbons (Fsp3) is 0.286. The third-order valence-corrected chi connectivity index (χ3v) is 4.28. The first-order valence-electron chi connectivity index (χ1n) is 8.50. The van der Waals surface area contributed by atoms with Gasteiger partial charge < -0.3 is 20.1 Å². The van der Waals surface area contributed by atoms with Gasteiger partial charge in [0.1, 0.15) is 11.5 Å². The first-order valence-corrected chi connectivity index (χ1v) is 8.50. The Morgan fingerprint density at radius 3 is 2.23 bits per heavy atom. The highest BCUT2D eigenvalue weighted by atomic mass is 16.5. The second-order valence-corrected chi connectivity index (χ2v) is 6.06. The van der Waals surface area contributed by atoms with E-state index in [1.165, 1.54) is 0 Å². The zero-order valence-corrected chi connectivity index (χ0v) is 14.8. The number of carbonyl (C=O) groups excluding carboxylic acids is 1. The van der Waals surface area contributed by atoms with E-state index in [9.17, 15) is 15.0 Å². The number of rotatable bonds is 8. The summed E-state index contributed by atoms with van der Waals surface area (Å²) in [4.78, 5) is 11.7. The van der Waals surface area contributed by atoms with Crippen LogP contribution in [0.15, 0.2) is 49.1 Å². The maximum absolute atomic E-state index is 11.7. The number of hydrogen-bond donors (Lipinski definition) is 3. The van der Waals surface area contributed by atoms with Gasteiger partial charge in [-0.3, -0.25) is 0 Å². The lowest BCUT2D eigenvalue weighted by Gasteiger charge is -2.19. The largest absolute Gasteiger partial charge is 0.508 e. The number of aliphatic hydroxyl groups is 2. The summed E-state index contributed by atoms with van der Waals surface area (Å²) in [7, 11) is 0. The van der Waals surface area contributed by atoms with Crippen LogP contribution in [-0.4, -0.2) is 34.5 Å². The summed E-state index contributed by atoms with van der Waals surface area (Å²) in [6.07, 6.45) is 2.06. The first-order chi connectivity index (χ1) is 12.5. The van der Waals surface area contributed by atoms with Crippen molar-refractivity contribution in [3.63, 3.8) is 0 Å². The van der Waals surface area contributed by atoms with Gasteiger partial charge in [-0.05, 0) is 36.1 Å². The van der Waals surface area contributed by atoms with Crippen molar-refractivity contribution in [2.75, 3.05) is 13.2 Å². The van der Waals surface area contributed by atoms with E-state index in [1.807, 2.05) is 19.1 Å². The Balaban J connectivity index is 2.49. The van der Waals surface area contributed by atoms with Gasteiger partial charge in [-0.1, -0.05) is 37.8 Å². The molecule has 5 nitrogen and oxygen atoms in total. The Labute approximate surface area is 153 Å². The van der Waals surface area contributed by atoms with Crippen molar-refractivity contribution in [1.29, 1.82) is 0 Å². The number of phenols is 1. The van der Waals surface area contributed by atoms with Gasteiger partial charge in [-0.15, -0.1) is 0 Å². The van der Waals surface area contributed by atoms with Gasteiger partial charge in [-0.25, -0.2) is 4.79 Å². The molecule has 0 saturated heterocycles. The molecule has 26 heavy (non-hydrogen) atoms. The van der Waals surface area contributed by atoms with Gasteiger partial charge >= 0.3 is 5.97 Å². The zero-order valence-electron chi connectivity index (χ0n) is 14.8. The molecule has 0 amide bonds. The molecule has 0 spiro atoms. The van der Waals surface area contributed by atoms with Crippen molar-refractivity contribution in [3.05, 3.63) is 71.3 Å². The second-order valence-electron chi connectivity index (χ2n) is 6.06. The van der Waals surface area contributed by atoms with Crippen molar-refractivity contribution in [1.82, 2.24) is 0 Å². The van der Waals surface area contributed by atoms with Crippen LogP contribution in [0.2, 0.25) is 0 Å². The Hall–Kier alpha value is -2.63. The summed E-state index contributed by atoms with van der Waals surface area (Å²) >= 11 is 0. The lowest BCUT2D eigenvalue weighted by Crippen LogP contribution is -2.09. The molecule has 138 valence electrons. The Morgan fingerprint density at radius 1 is 1.08 bits per heavy atom. The third-order valence-electron chi connectivity index (χ3n) is 4.28. The van der Waals surface area contributed by atoms with E-state index in [-0.39, 0.29) is 24.9 Å². The van der Waals surface area contributed by atoms with Crippen LogP contribution in [0.4, 0.5) is 0 Å². The number of benzene rings is 2. The molecule has 2 aromatic rings. The van der Waals surface area contributed by atoms with Crippen LogP contribution in [0.3, 0.4) is 0 Å². The van der Waals surface area contributed by atoms with Crippen LogP contribution in [-0.2, 0) is 17.6 Å². The highest BCUT2D eigenvalue weighted by molar-refractivity contribution is 5.83. The van der Waals surface area contributed by atoms with Crippen molar-refractivity contribution in [2.24, 2.45) is 0 Å². The molecule has 0 heterocycles. The molecule has 0 aliphatic rings. The quantitative estimate of drug-likeness (QED) is 0.385. The summed E-state index contributed by atoms with van der Waals surface area (Å²) in [6.45, 7) is 5.35. The molecular formula is C21H24O5. The normalized spacial score (nSPS) is 11.8. The minimum atomic E-state index is -0.563. The molecule has 2 rings (SSSR count). The molecule has 0 aromatic heterocycles. The topological polar surface area (TPSA) is 87.0 Å². The first kappa shape index (κ1) is 19.7. The lowest BCUT2D eigenvalue weighted by molar-refractivity contribution is -0.129. The van der Waals surface area contributed by atoms with E-state index in [0.29, 0.717) is 24.2 Å². The molecule has 0 fully saturated rings. The lowest BCUT2D eigenvalue weighted by atomic mass is 9.89. The maximum Gasteiger partial charge on any atom is 0.335 e. The summed E-state index contributed by atoms with van der Waals surface area (Å²) in [5.41, 5.74) is 3.21. The van der Waals surface area contributed by atoms with Crippen LogP contribution in [0.25, 0.3) is 0 Å². The SMILES string of the molecule is C=CC(=O)Oc1ccc(CCO)cc1C(C)c1cc(CCO)ccc1O. The number of carbonyl (C=O) groups is 1. The minimum absolute atomic E-state index is 0.0108. The van der Waals surface area contributed by atoms with Crippen LogP contribution >= 0.6 is 0 Å². The summed E-state index contributed by atoms with van der Waals surface area (Å²) < 4.78 is 5.35. The second kappa shape index (κ2) is 9.17. The molecule has 1 unspecified atom stereocenters. The number of ether oxygens (including phenoxy) is 1. The molecule has 0 radical (unpaired) electrons. The fourth-order valence-electron chi connectivity index (χ4n) is 2.87. The molecule has 2 aromatic carbocycles. The maximum atomic E-state index is 11.7. The predicted molar refractivity (Wildman–Crippen MR) is 99.5 cm³/mol. The average Bonchev–Trinajstić information content (AvgIpc) is 2.64. The predicted octanol–water partition coefficient (Wildman–Crippen LogP) is 2.71. The molecule has 0 bridgehead atoms. The highest BCUT2D eigenvalue weighted by Gasteiger charge is 2.19. The standard InChI is InChI=1S/C21H24O5/c1-3-21(25)26-20-7-5-16(9-11-23)13-18(20)14(2)17-12-15(8-10-22)4-6-19(17)24/h3-7,12-14,22-24H,1,8-11H2,2H3. The Bertz CT molecular complexity index is 782. The molecule has 5 heteroatoms. The van der Waals surface area contributed by atoms with Gasteiger partial charge in [0.25, 0.3) is 0 Å². The summed E-state index contributed by atoms with van der Waals surface area (Å²) in [6, 6.07) is 10.6. The number of hydrogen-bond acceptors (Lipinski definition) is 5. The number of esters is 1. The number of aliphatic hydroxyl groups excluding tert-OH is 2. The van der Waals surface area contributed by atoms with E-state index in [4.69, 9.17) is 9.84 Å². The summed E-state index contributed by atoms with van der Waals surface area (Å²) in [5.74, 6) is -0.310. The van der Waals surface area contributed by atoms with E-state index >= 15 is 0 Å². The van der Waals surface area contributed by atoms with Gasteiger partial charge in [0.2, 0.25) is 0 Å². The van der Waals surface area contributed by atoms with E-state index in [2.05, 4.69) is 6.58 Å². The van der Waals surface area contributed by atoms with Crippen molar-refractivity contribution >= 4 is 5.97 Å². The Kier molecular flexibility index (Phi) is 6.95. The van der Waals surface area contributed by atoms with Gasteiger partial charge in [0.05, 0.1) is 0 Å². The minimum Gasteiger partial charge on any atom is -0.508 e. The van der Waals surface area contributed by atoms with Crippen LogP contribution in [0, 0.1) is 0 Å². The van der Waals surface area contributed by atoms with E-state index in [1.54, 1.807) is 24.3 Å². The smallest absolute Gasteiger partial charge is 0.335 e. The zero-order chi connectivity index (χ0) is 19.1. The monoisotopic (exact) mass is 356 g/mol. The third kappa shape index (κ3) is 4.71. The van der Waals surface area contributed by atoms with Crippen LogP contribution < -0.4 is 4.74 Å². The molecule has 0 aliphatic carbocycles. The average molecular weight is 356 g/mol. The van der Waals surface area contributed by atoms with E-state index < -0.39 is 5.97 Å². The van der Waals surface area contributed by atoms with Gasteiger partial charge in [0, 0.05) is 36.3 Å². The molecule has 0 aliphatic heterocycles. The molecular weight excluding hydrogens is 332 g/mol.